The van der Waals surface area contributed by atoms with Gasteiger partial charge < -0.3 is 10.5 Å². The van der Waals surface area contributed by atoms with Gasteiger partial charge in [0, 0.05) is 0 Å². The monoisotopic (exact) mass is 809 g/mol. The Labute approximate surface area is 330 Å². The van der Waals surface area contributed by atoms with E-state index in [9.17, 15) is 9.59 Å². The van der Waals surface area contributed by atoms with Crippen molar-refractivity contribution in [2.24, 2.45) is 0 Å². The van der Waals surface area contributed by atoms with Gasteiger partial charge in [-0.05, 0) is 73.9 Å². The molecule has 6 aromatic rings. The molecule has 2 amide bonds. The van der Waals surface area contributed by atoms with Crippen molar-refractivity contribution in [2.45, 2.75) is 80.1 Å². The molecule has 0 aliphatic heterocycles. The van der Waals surface area contributed by atoms with Crippen molar-refractivity contribution in [3.8, 4) is 22.3 Å². The average Bonchev–Trinajstić information content (AvgIpc) is 3.77. The third-order valence-corrected chi connectivity index (χ3v) is 9.35. The molecule has 0 aliphatic rings. The molecule has 1 radical (unpaired) electrons. The summed E-state index contributed by atoms with van der Waals surface area (Å²) in [6.07, 6.45) is 8.35. The molecule has 269 valence electrons. The van der Waals surface area contributed by atoms with Gasteiger partial charge in [0.1, 0.15) is 0 Å². The van der Waals surface area contributed by atoms with Crippen LogP contribution in [0.4, 0.5) is 0 Å². The first-order valence-corrected chi connectivity index (χ1v) is 24.2. The summed E-state index contributed by atoms with van der Waals surface area (Å²) in [5.41, 5.74) is 13.9. The Bertz CT molecular complexity index is 1860. The van der Waals surface area contributed by atoms with Crippen LogP contribution in [0.5, 0.6) is 0 Å². The second-order valence-electron chi connectivity index (χ2n) is 12.8. The standard InChI is InChI=1S/2C21H23.C2H4BN2O2.2ClH.Zr/c2*1-4-5-9-17-13-18-10-7-12-20(21(18)14-17)19-11-6-8-15(2)16(19)3;6-1-4-3-5-2-7;;;/h2*6-8,10-14H,4-5,9H2,1-3H3;1-2H,(H,4,6)(H,5,7);2*1H;/q2*-1;;;;+4/p-2. The predicted octanol–water partition coefficient (Wildman–Crippen LogP) is 11.8. The van der Waals surface area contributed by atoms with Gasteiger partial charge in [-0.15, -0.1) is 69.1 Å². The van der Waals surface area contributed by atoms with Crippen LogP contribution in [-0.2, 0) is 43.3 Å². The van der Waals surface area contributed by atoms with E-state index in [1.54, 1.807) is 0 Å². The van der Waals surface area contributed by atoms with E-state index in [0.29, 0.717) is 12.8 Å². The van der Waals surface area contributed by atoms with Gasteiger partial charge in [-0.25, -0.2) is 0 Å². The fraction of sp³-hybridized carbons (Fsp3) is 0.273. The fourth-order valence-electron chi connectivity index (χ4n) is 6.32. The minimum absolute atomic E-state index is 0.455. The van der Waals surface area contributed by atoms with Gasteiger partial charge in [-0.3, -0.25) is 9.59 Å². The molecule has 0 saturated heterocycles. The number of hydrogen-bond acceptors (Lipinski definition) is 2. The fourth-order valence-corrected chi connectivity index (χ4v) is 6.32. The number of rotatable bonds is 12. The molecule has 0 aliphatic carbocycles. The van der Waals surface area contributed by atoms with E-state index in [1.165, 1.54) is 116 Å². The molecule has 6 aromatic carbocycles. The normalized spacial score (nSPS) is 10.1. The van der Waals surface area contributed by atoms with Crippen molar-refractivity contribution >= 4 is 58.9 Å². The van der Waals surface area contributed by atoms with Gasteiger partial charge in [0.2, 0.25) is 0 Å². The third kappa shape index (κ3) is 12.3. The Kier molecular flexibility index (Phi) is 19.2. The van der Waals surface area contributed by atoms with Gasteiger partial charge in [0.15, 0.2) is 12.8 Å². The first-order chi connectivity index (χ1) is 25.2. The van der Waals surface area contributed by atoms with Crippen molar-refractivity contribution in [3.05, 3.63) is 130 Å². The maximum absolute atomic E-state index is 9.38. The van der Waals surface area contributed by atoms with E-state index in [1.807, 2.05) is 0 Å². The van der Waals surface area contributed by atoms with Crippen molar-refractivity contribution < 1.29 is 30.4 Å². The Hall–Kier alpha value is -3.43. The number of halogens is 2. The second-order valence-corrected chi connectivity index (χ2v) is 16.6. The van der Waals surface area contributed by atoms with Crippen molar-refractivity contribution in [1.82, 2.24) is 10.5 Å². The summed E-state index contributed by atoms with van der Waals surface area (Å²) in [7, 11) is 11.0. The Morgan fingerprint density at radius 2 is 0.981 bits per heavy atom. The van der Waals surface area contributed by atoms with Gasteiger partial charge in [0.05, 0.1) is 0 Å². The number of unbranched alkanes of at least 4 members (excludes halogenated alkanes) is 2. The van der Waals surface area contributed by atoms with Crippen LogP contribution >= 0.6 is 17.0 Å². The summed E-state index contributed by atoms with van der Waals surface area (Å²) in [5.74, 6) is 0. The number of carbonyl (C=O) groups excluding carboxylic acids is 2. The first-order valence-electron chi connectivity index (χ1n) is 17.9. The van der Waals surface area contributed by atoms with E-state index in [0.717, 1.165) is 7.55 Å². The summed E-state index contributed by atoms with van der Waals surface area (Å²) in [6.45, 7) is 13.3. The molecular formula is C44H50BCl2N2O2Zr. The molecule has 0 heterocycles. The molecule has 0 spiro atoms. The number of hydrogen-bond donors (Lipinski definition) is 2. The number of nitrogens with one attached hydrogen (secondary N) is 2. The molecule has 0 unspecified atom stereocenters. The molecule has 52 heavy (non-hydrogen) atoms. The number of benzene rings is 4. The SMILES string of the molecule is CCCCc1cc2c(-c3cccc(C)c3C)cccc2[cH-]1.CCCCc1cc2c(-c3cccc(C)c3C)cccc2[cH-]1.O=CN[B]NC=O.[Cl][Zr+2][Cl]. The Morgan fingerprint density at radius 1 is 0.615 bits per heavy atom. The number of fused-ring (bicyclic) bond motifs is 2. The Balaban J connectivity index is 0.000000224. The van der Waals surface area contributed by atoms with Crippen molar-refractivity contribution in [2.75, 3.05) is 0 Å². The van der Waals surface area contributed by atoms with Crippen LogP contribution < -0.4 is 10.5 Å². The van der Waals surface area contributed by atoms with Crippen LogP contribution in [0.3, 0.4) is 0 Å². The molecule has 6 rings (SSSR count). The van der Waals surface area contributed by atoms with Crippen LogP contribution in [0, 0.1) is 27.7 Å². The molecule has 0 bridgehead atoms. The van der Waals surface area contributed by atoms with Crippen molar-refractivity contribution in [3.63, 3.8) is 0 Å². The van der Waals surface area contributed by atoms with Crippen LogP contribution in [0.25, 0.3) is 43.8 Å². The second kappa shape index (κ2) is 23.3. The van der Waals surface area contributed by atoms with Gasteiger partial charge >= 0.3 is 45.4 Å². The number of aryl methyl sites for hydroxylation is 4. The van der Waals surface area contributed by atoms with Crippen LogP contribution in [-0.4, -0.2) is 20.4 Å². The van der Waals surface area contributed by atoms with Crippen LogP contribution in [0.2, 0.25) is 0 Å². The zero-order valence-electron chi connectivity index (χ0n) is 31.3. The van der Waals surface area contributed by atoms with Gasteiger partial charge in [0.25, 0.3) is 0 Å². The van der Waals surface area contributed by atoms with E-state index in [-0.39, 0.29) is 0 Å². The van der Waals surface area contributed by atoms with E-state index >= 15 is 0 Å². The van der Waals surface area contributed by atoms with Gasteiger partial charge in [-0.2, -0.15) is 12.1 Å². The van der Waals surface area contributed by atoms with Crippen LogP contribution in [0.15, 0.2) is 97.1 Å². The summed E-state index contributed by atoms with van der Waals surface area (Å²) in [5, 5.41) is 9.75. The molecule has 8 heteroatoms. The quantitative estimate of drug-likeness (QED) is 0.0560. The summed E-state index contributed by atoms with van der Waals surface area (Å²) >= 11 is -0.826. The average molecular weight is 812 g/mol. The zero-order chi connectivity index (χ0) is 37.9. The maximum atomic E-state index is 9.38. The molecule has 2 N–H and O–H groups in total. The molecule has 0 saturated carbocycles. The van der Waals surface area contributed by atoms with Gasteiger partial charge in [-0.1, -0.05) is 99.2 Å². The predicted molar refractivity (Wildman–Crippen MR) is 222 cm³/mol. The first kappa shape index (κ1) is 43.0. The topological polar surface area (TPSA) is 58.2 Å². The van der Waals surface area contributed by atoms with Crippen molar-refractivity contribution in [1.29, 1.82) is 0 Å². The van der Waals surface area contributed by atoms with E-state index in [4.69, 9.17) is 17.0 Å². The number of amides is 2. The Morgan fingerprint density at radius 3 is 1.35 bits per heavy atom. The minimum atomic E-state index is -0.826. The third-order valence-electron chi connectivity index (χ3n) is 9.35. The molecule has 0 fully saturated rings. The van der Waals surface area contributed by atoms with Crippen LogP contribution in [0.1, 0.15) is 72.9 Å². The zero-order valence-corrected chi connectivity index (χ0v) is 35.3. The molecular weight excluding hydrogens is 761 g/mol. The summed E-state index contributed by atoms with van der Waals surface area (Å²) in [6, 6.07) is 36.1. The molecule has 0 atom stereocenters. The van der Waals surface area contributed by atoms with E-state index in [2.05, 4.69) is 149 Å². The summed E-state index contributed by atoms with van der Waals surface area (Å²) < 4.78 is 0. The number of carbonyl (C=O) groups is 2. The summed E-state index contributed by atoms with van der Waals surface area (Å²) in [4.78, 5) is 18.8. The molecule has 0 aromatic heterocycles. The molecule has 4 nitrogen and oxygen atoms in total. The van der Waals surface area contributed by atoms with E-state index < -0.39 is 20.8 Å².